The fraction of sp³-hybridized carbons (Fsp3) is 0.310. The van der Waals surface area contributed by atoms with E-state index in [1.165, 1.54) is 30.3 Å². The molecular weight excluding hydrogens is 783 g/mol. The van der Waals surface area contributed by atoms with Crippen LogP contribution < -0.4 is 5.43 Å². The monoisotopic (exact) mass is 824 g/mol. The number of benzene rings is 3. The molecule has 17 heteroatoms. The van der Waals surface area contributed by atoms with Crippen LogP contribution >= 0.6 is 0 Å². The van der Waals surface area contributed by atoms with Gasteiger partial charge in [0.25, 0.3) is 0 Å². The molecule has 1 aliphatic heterocycles. The Hall–Kier alpha value is -6.04. The van der Waals surface area contributed by atoms with E-state index in [9.17, 15) is 41.1 Å². The predicted molar refractivity (Wildman–Crippen MR) is 205 cm³/mol. The van der Waals surface area contributed by atoms with Crippen LogP contribution in [-0.2, 0) is 46.5 Å². The van der Waals surface area contributed by atoms with E-state index < -0.39 is 47.5 Å². The van der Waals surface area contributed by atoms with Crippen LogP contribution in [-0.4, -0.2) is 96.0 Å². The Bertz CT molecular complexity index is 2310. The number of rotatable bonds is 12. The van der Waals surface area contributed by atoms with Crippen LogP contribution in [0.1, 0.15) is 35.2 Å². The van der Waals surface area contributed by atoms with Gasteiger partial charge in [0, 0.05) is 30.5 Å². The van der Waals surface area contributed by atoms with Crippen LogP contribution in [0.15, 0.2) is 95.9 Å². The quantitative estimate of drug-likeness (QED) is 0.123. The Morgan fingerprint density at radius 1 is 0.847 bits per heavy atom. The highest BCUT2D eigenvalue weighted by atomic mass is 19.4. The van der Waals surface area contributed by atoms with Gasteiger partial charge in [0.15, 0.2) is 29.3 Å². The third kappa shape index (κ3) is 11.1. The molecule has 1 amide bonds. The second-order valence-electron chi connectivity index (χ2n) is 14.1. The number of hydrogen-bond donors (Lipinski definition) is 4. The van der Waals surface area contributed by atoms with E-state index in [0.29, 0.717) is 28.8 Å². The van der Waals surface area contributed by atoms with E-state index in [2.05, 4.69) is 9.88 Å². The van der Waals surface area contributed by atoms with Crippen molar-refractivity contribution in [2.24, 2.45) is 0 Å². The maximum atomic E-state index is 14.5. The zero-order chi connectivity index (χ0) is 43.0. The van der Waals surface area contributed by atoms with Gasteiger partial charge in [-0.3, -0.25) is 9.59 Å². The normalized spacial score (nSPS) is 14.6. The van der Waals surface area contributed by atoms with Crippen molar-refractivity contribution in [3.8, 4) is 11.1 Å². The molecule has 59 heavy (non-hydrogen) atoms. The Morgan fingerprint density at radius 3 is 2.02 bits per heavy atom. The molecule has 0 radical (unpaired) electrons. The van der Waals surface area contributed by atoms with Crippen LogP contribution in [0.3, 0.4) is 0 Å². The average Bonchev–Trinajstić information content (AvgIpc) is 3.21. The van der Waals surface area contributed by atoms with Crippen LogP contribution in [0.25, 0.3) is 22.2 Å². The van der Waals surface area contributed by atoms with E-state index in [0.717, 1.165) is 55.3 Å². The van der Waals surface area contributed by atoms with Gasteiger partial charge >= 0.3 is 18.1 Å². The summed E-state index contributed by atoms with van der Waals surface area (Å²) in [6.07, 6.45) is -5.58. The van der Waals surface area contributed by atoms with E-state index in [4.69, 9.17) is 20.4 Å². The number of carboxylic acid groups (broad SMARTS) is 2. The fourth-order valence-electron chi connectivity index (χ4n) is 6.71. The number of pyridine rings is 2. The zero-order valence-electron chi connectivity index (χ0n) is 31.6. The lowest BCUT2D eigenvalue weighted by Crippen LogP contribution is -2.47. The van der Waals surface area contributed by atoms with E-state index >= 15 is 0 Å². The lowest BCUT2D eigenvalue weighted by molar-refractivity contribution is -0.165. The van der Waals surface area contributed by atoms with Gasteiger partial charge in [-0.1, -0.05) is 48.5 Å². The summed E-state index contributed by atoms with van der Waals surface area (Å²) >= 11 is 0. The molecule has 2 unspecified atom stereocenters. The number of fused-ring (bicyclic) bond motifs is 1. The Balaban J connectivity index is 0.000000586. The molecule has 0 aliphatic carbocycles. The number of likely N-dealkylation sites (tertiary alicyclic amines) is 1. The Morgan fingerprint density at radius 2 is 1.44 bits per heavy atom. The van der Waals surface area contributed by atoms with Gasteiger partial charge in [-0.15, -0.1) is 0 Å². The summed E-state index contributed by atoms with van der Waals surface area (Å²) < 4.78 is 69.3. The molecule has 5 aromatic rings. The summed E-state index contributed by atoms with van der Waals surface area (Å²) in [7, 11) is 2.04. The van der Waals surface area contributed by atoms with Crippen molar-refractivity contribution < 1.29 is 56.8 Å². The molecule has 3 heterocycles. The number of alkyl halides is 3. The molecule has 0 saturated carbocycles. The predicted octanol–water partition coefficient (Wildman–Crippen LogP) is 5.15. The smallest absolute Gasteiger partial charge is 0.416 e. The van der Waals surface area contributed by atoms with Gasteiger partial charge in [-0.05, 0) is 98.4 Å². The van der Waals surface area contributed by atoms with Crippen molar-refractivity contribution in [3.63, 3.8) is 0 Å². The number of piperidine rings is 1. The minimum atomic E-state index is -4.41. The zero-order valence-corrected chi connectivity index (χ0v) is 31.6. The first kappa shape index (κ1) is 44.1. The van der Waals surface area contributed by atoms with Crippen molar-refractivity contribution in [2.75, 3.05) is 20.1 Å². The van der Waals surface area contributed by atoms with E-state index in [-0.39, 0.29) is 42.3 Å². The molecule has 2 atom stereocenters. The highest BCUT2D eigenvalue weighted by Gasteiger charge is 2.31. The second-order valence-corrected chi connectivity index (χ2v) is 14.1. The molecule has 0 bridgehead atoms. The van der Waals surface area contributed by atoms with Crippen LogP contribution in [0.5, 0.6) is 0 Å². The number of aliphatic carboxylic acids is 2. The number of aliphatic hydroxyl groups is 2. The summed E-state index contributed by atoms with van der Waals surface area (Å²) in [4.78, 5) is 55.5. The molecule has 12 nitrogen and oxygen atoms in total. The first-order chi connectivity index (χ1) is 27.9. The summed E-state index contributed by atoms with van der Waals surface area (Å²) in [6, 6.07) is 21.1. The summed E-state index contributed by atoms with van der Waals surface area (Å²) in [5.41, 5.74) is 2.24. The van der Waals surface area contributed by atoms with Crippen molar-refractivity contribution in [1.29, 1.82) is 0 Å². The third-order valence-electron chi connectivity index (χ3n) is 10.0. The molecule has 312 valence electrons. The Kier molecular flexibility index (Phi) is 14.3. The second kappa shape index (κ2) is 19.1. The number of aliphatic hydroxyl groups excluding tert-OH is 2. The third-order valence-corrected chi connectivity index (χ3v) is 10.0. The minimum Gasteiger partial charge on any atom is -0.479 e. The highest BCUT2D eigenvalue weighted by molar-refractivity contribution is 5.83. The molecule has 2 aromatic heterocycles. The number of carbonyl (C=O) groups excluding carboxylic acids is 1. The number of hydrogen-bond acceptors (Lipinski definition) is 8. The van der Waals surface area contributed by atoms with Crippen molar-refractivity contribution in [3.05, 3.63) is 135 Å². The highest BCUT2D eigenvalue weighted by Crippen LogP contribution is 2.31. The molecular formula is C42H41F5N4O8. The lowest BCUT2D eigenvalue weighted by Gasteiger charge is -2.38. The molecule has 1 saturated heterocycles. The number of carboxylic acids is 2. The van der Waals surface area contributed by atoms with Gasteiger partial charge in [0.1, 0.15) is 12.2 Å². The summed E-state index contributed by atoms with van der Waals surface area (Å²) in [6.45, 7) is 1.81. The van der Waals surface area contributed by atoms with Gasteiger partial charge in [0.05, 0.1) is 10.9 Å². The van der Waals surface area contributed by atoms with Gasteiger partial charge < -0.3 is 34.8 Å². The fourth-order valence-corrected chi connectivity index (χ4v) is 6.71. The van der Waals surface area contributed by atoms with Crippen molar-refractivity contribution in [1.82, 2.24) is 19.4 Å². The number of aromatic nitrogens is 2. The number of halogens is 5. The lowest BCUT2D eigenvalue weighted by atomic mass is 10.00. The van der Waals surface area contributed by atoms with Crippen molar-refractivity contribution >= 4 is 28.9 Å². The molecule has 3 aromatic carbocycles. The molecule has 0 spiro atoms. The van der Waals surface area contributed by atoms with Crippen LogP contribution in [0, 0.1) is 11.6 Å². The van der Waals surface area contributed by atoms with Crippen molar-refractivity contribution in [2.45, 2.75) is 63.2 Å². The molecule has 4 N–H and O–H groups in total. The molecule has 6 rings (SSSR count). The standard InChI is InChI=1S/C38H35F5N4O2.C4H6O6/c1-45-20-17-30(18-21-45)46(23-25-7-9-26(10-8-25)27-11-14-29(15-12-27)38(41,42)43)35(49)24-47-31(16-13-28-4-2-6-33(39)36(28)40)22-34(48)32-5-3-19-44-37(32)47;5-1(3(7)8)2(6)4(9)10/h2-12,14-15,19,22,30H,13,16-18,20-21,23-24H2,1H3;1-2,5-6H,(H,7,8)(H,9,10). The number of nitrogens with zero attached hydrogens (tertiary/aromatic N) is 4. The van der Waals surface area contributed by atoms with Gasteiger partial charge in [0.2, 0.25) is 5.91 Å². The molecule has 1 aliphatic rings. The number of aryl methyl sites for hydroxylation is 2. The Labute approximate surface area is 334 Å². The average molecular weight is 825 g/mol. The maximum absolute atomic E-state index is 14.5. The van der Waals surface area contributed by atoms with E-state index in [1.807, 2.05) is 36.2 Å². The summed E-state index contributed by atoms with van der Waals surface area (Å²) in [5, 5.41) is 32.9. The van der Waals surface area contributed by atoms with E-state index in [1.54, 1.807) is 22.9 Å². The largest absolute Gasteiger partial charge is 0.479 e. The minimum absolute atomic E-state index is 0.0539. The maximum Gasteiger partial charge on any atom is 0.416 e. The first-order valence-corrected chi connectivity index (χ1v) is 18.4. The first-order valence-electron chi connectivity index (χ1n) is 18.4. The topological polar surface area (TPSA) is 173 Å². The van der Waals surface area contributed by atoms with Gasteiger partial charge in [-0.25, -0.2) is 23.4 Å². The number of amides is 1. The molecule has 1 fully saturated rings. The SMILES string of the molecule is CN1CCC(N(Cc2ccc(-c3ccc(C(F)(F)F)cc3)cc2)C(=O)Cn2c(CCc3cccc(F)c3F)cc(=O)c3cccnc32)CC1.O=C(O)C(O)C(O)C(=O)O. The van der Waals surface area contributed by atoms with Crippen LogP contribution in [0.2, 0.25) is 0 Å². The summed E-state index contributed by atoms with van der Waals surface area (Å²) in [5.74, 6) is -5.62. The van der Waals surface area contributed by atoms with Crippen LogP contribution in [0.4, 0.5) is 22.0 Å². The number of carbonyl (C=O) groups is 3. The van der Waals surface area contributed by atoms with Gasteiger partial charge in [-0.2, -0.15) is 13.2 Å².